The van der Waals surface area contributed by atoms with Gasteiger partial charge in [0.2, 0.25) is 0 Å². The molecule has 0 unspecified atom stereocenters. The minimum atomic E-state index is -0.196. The number of hydrogen-bond donors (Lipinski definition) is 2. The second-order valence-corrected chi connectivity index (χ2v) is 7.07. The van der Waals surface area contributed by atoms with Crippen molar-refractivity contribution in [3.05, 3.63) is 40.1 Å². The molecule has 2 aromatic heterocycles. The number of aryl methyl sites for hydroxylation is 2. The number of benzene rings is 1. The molecular weight excluding hydrogens is 368 g/mol. The summed E-state index contributed by atoms with van der Waals surface area (Å²) in [5.41, 5.74) is 2.78. The van der Waals surface area contributed by atoms with E-state index >= 15 is 0 Å². The fourth-order valence-corrected chi connectivity index (χ4v) is 3.37. The maximum atomic E-state index is 12.8. The summed E-state index contributed by atoms with van der Waals surface area (Å²) in [7, 11) is 3.97. The third-order valence-corrected chi connectivity index (χ3v) is 4.87. The largest absolute Gasteiger partial charge is 0.493 e. The van der Waals surface area contributed by atoms with Gasteiger partial charge in [-0.15, -0.1) is 5.10 Å². The summed E-state index contributed by atoms with van der Waals surface area (Å²) < 4.78 is 7.51. The van der Waals surface area contributed by atoms with Crippen LogP contribution in [0, 0.1) is 6.92 Å². The molecule has 0 spiro atoms. The molecule has 8 heteroatoms. The van der Waals surface area contributed by atoms with E-state index in [1.807, 2.05) is 46.1 Å². The fourth-order valence-electron chi connectivity index (χ4n) is 3.37. The molecular formula is C21H30N6O2. The molecule has 156 valence electrons. The lowest BCUT2D eigenvalue weighted by molar-refractivity contribution is 0.341. The van der Waals surface area contributed by atoms with Crippen molar-refractivity contribution in [3.63, 3.8) is 0 Å². The lowest BCUT2D eigenvalue weighted by Gasteiger charge is -2.21. The maximum Gasteiger partial charge on any atom is 0.277 e. The van der Waals surface area contributed by atoms with Crippen LogP contribution in [0.3, 0.4) is 0 Å². The molecule has 0 bridgehead atoms. The standard InChI is InChI=1S/C21H30N6O2/c1-6-8-18-23-14(3)19-21(28)24-20(25-27(18)19)16-13-15(26(5)12-11-22-4)9-10-17(16)29-7-2/h9-10,13,22H,6-8,11-12H2,1-5H3,(H,24,25,28). The third-order valence-electron chi connectivity index (χ3n) is 4.87. The second-order valence-electron chi connectivity index (χ2n) is 7.07. The molecule has 2 heterocycles. The maximum absolute atomic E-state index is 12.8. The number of anilines is 1. The van der Waals surface area contributed by atoms with Crippen molar-refractivity contribution in [3.8, 4) is 17.1 Å². The van der Waals surface area contributed by atoms with E-state index in [1.165, 1.54) is 0 Å². The average molecular weight is 399 g/mol. The van der Waals surface area contributed by atoms with E-state index in [1.54, 1.807) is 4.52 Å². The molecule has 0 aliphatic rings. The molecule has 2 N–H and O–H groups in total. The Hall–Kier alpha value is -2.87. The first kappa shape index (κ1) is 20.9. The number of ether oxygens (including phenoxy) is 1. The summed E-state index contributed by atoms with van der Waals surface area (Å²) in [6.07, 6.45) is 1.69. The summed E-state index contributed by atoms with van der Waals surface area (Å²) in [6, 6.07) is 5.96. The Morgan fingerprint density at radius 2 is 2.10 bits per heavy atom. The Labute approximate surface area is 170 Å². The average Bonchev–Trinajstić information content (AvgIpc) is 3.02. The summed E-state index contributed by atoms with van der Waals surface area (Å²) in [5.74, 6) is 1.96. The van der Waals surface area contributed by atoms with Crippen LogP contribution < -0.4 is 20.5 Å². The van der Waals surface area contributed by atoms with Crippen LogP contribution in [0.25, 0.3) is 16.9 Å². The molecule has 0 fully saturated rings. The minimum absolute atomic E-state index is 0.196. The van der Waals surface area contributed by atoms with Gasteiger partial charge in [0.1, 0.15) is 11.6 Å². The van der Waals surface area contributed by atoms with E-state index in [0.29, 0.717) is 29.4 Å². The number of nitrogens with zero attached hydrogens (tertiary/aromatic N) is 4. The van der Waals surface area contributed by atoms with E-state index in [-0.39, 0.29) is 5.56 Å². The topological polar surface area (TPSA) is 87.5 Å². The summed E-state index contributed by atoms with van der Waals surface area (Å²) >= 11 is 0. The van der Waals surface area contributed by atoms with Crippen molar-refractivity contribution >= 4 is 11.2 Å². The SMILES string of the molecule is CCCc1nc(C)c2c(=O)[nH]c(-c3cc(N(C)CCNC)ccc3OCC)nn12. The van der Waals surface area contributed by atoms with Gasteiger partial charge in [-0.25, -0.2) is 9.50 Å². The van der Waals surface area contributed by atoms with Gasteiger partial charge in [-0.1, -0.05) is 6.92 Å². The van der Waals surface area contributed by atoms with Crippen LogP contribution in [-0.2, 0) is 6.42 Å². The van der Waals surface area contributed by atoms with Crippen LogP contribution in [0.4, 0.5) is 5.69 Å². The summed E-state index contributed by atoms with van der Waals surface area (Å²) in [5, 5.41) is 7.90. The number of H-pyrrole nitrogens is 1. The molecule has 0 saturated carbocycles. The van der Waals surface area contributed by atoms with Gasteiger partial charge in [0.15, 0.2) is 11.3 Å². The monoisotopic (exact) mass is 398 g/mol. The predicted octanol–water partition coefficient (Wildman–Crippen LogP) is 2.40. The van der Waals surface area contributed by atoms with Crippen molar-refractivity contribution < 1.29 is 4.74 Å². The van der Waals surface area contributed by atoms with Crippen LogP contribution >= 0.6 is 0 Å². The molecule has 0 radical (unpaired) electrons. The third kappa shape index (κ3) is 4.27. The number of aromatic nitrogens is 4. The summed E-state index contributed by atoms with van der Waals surface area (Å²) in [6.45, 7) is 8.12. The Morgan fingerprint density at radius 3 is 2.79 bits per heavy atom. The first-order chi connectivity index (χ1) is 14.0. The van der Waals surface area contributed by atoms with Crippen molar-refractivity contribution in [1.29, 1.82) is 0 Å². The van der Waals surface area contributed by atoms with Crippen molar-refractivity contribution in [2.75, 3.05) is 38.7 Å². The number of hydrogen-bond acceptors (Lipinski definition) is 6. The van der Waals surface area contributed by atoms with E-state index < -0.39 is 0 Å². The molecule has 1 aromatic carbocycles. The lowest BCUT2D eigenvalue weighted by atomic mass is 10.1. The zero-order valence-corrected chi connectivity index (χ0v) is 17.9. The van der Waals surface area contributed by atoms with Crippen molar-refractivity contribution in [2.45, 2.75) is 33.6 Å². The van der Waals surface area contributed by atoms with E-state index in [4.69, 9.17) is 9.84 Å². The highest BCUT2D eigenvalue weighted by Crippen LogP contribution is 2.31. The van der Waals surface area contributed by atoms with Gasteiger partial charge in [0.25, 0.3) is 5.56 Å². The van der Waals surface area contributed by atoms with E-state index in [0.717, 1.165) is 43.0 Å². The Bertz CT molecular complexity index is 1040. The van der Waals surface area contributed by atoms with Gasteiger partial charge in [0, 0.05) is 32.2 Å². The molecule has 0 atom stereocenters. The predicted molar refractivity (Wildman–Crippen MR) is 116 cm³/mol. The minimum Gasteiger partial charge on any atom is -0.493 e. The highest BCUT2D eigenvalue weighted by molar-refractivity contribution is 5.70. The molecule has 0 amide bonds. The van der Waals surface area contributed by atoms with Gasteiger partial charge in [-0.05, 0) is 45.5 Å². The van der Waals surface area contributed by atoms with Gasteiger partial charge < -0.3 is 19.9 Å². The Morgan fingerprint density at radius 1 is 1.31 bits per heavy atom. The van der Waals surface area contributed by atoms with Gasteiger partial charge >= 0.3 is 0 Å². The smallest absolute Gasteiger partial charge is 0.277 e. The number of imidazole rings is 1. The highest BCUT2D eigenvalue weighted by Gasteiger charge is 2.17. The van der Waals surface area contributed by atoms with E-state index in [9.17, 15) is 4.79 Å². The van der Waals surface area contributed by atoms with Gasteiger partial charge in [-0.3, -0.25) is 4.79 Å². The number of nitrogens with one attached hydrogen (secondary N) is 2. The fraction of sp³-hybridized carbons (Fsp3) is 0.476. The quantitative estimate of drug-likeness (QED) is 0.576. The molecule has 0 aliphatic heterocycles. The van der Waals surface area contributed by atoms with Crippen LogP contribution in [0.5, 0.6) is 5.75 Å². The highest BCUT2D eigenvalue weighted by atomic mass is 16.5. The lowest BCUT2D eigenvalue weighted by Crippen LogP contribution is -2.27. The first-order valence-corrected chi connectivity index (χ1v) is 10.1. The van der Waals surface area contributed by atoms with Crippen molar-refractivity contribution in [1.82, 2.24) is 24.9 Å². The van der Waals surface area contributed by atoms with Crippen LogP contribution in [0.1, 0.15) is 31.8 Å². The van der Waals surface area contributed by atoms with E-state index in [2.05, 4.69) is 27.1 Å². The molecule has 29 heavy (non-hydrogen) atoms. The number of likely N-dealkylation sites (N-methyl/N-ethyl adjacent to an activating group) is 2. The number of rotatable bonds is 9. The molecule has 0 saturated heterocycles. The number of fused-ring (bicyclic) bond motifs is 1. The zero-order valence-electron chi connectivity index (χ0n) is 17.9. The normalized spacial score (nSPS) is 11.2. The summed E-state index contributed by atoms with van der Waals surface area (Å²) in [4.78, 5) is 22.5. The molecule has 3 rings (SSSR count). The first-order valence-electron chi connectivity index (χ1n) is 10.1. The molecule has 3 aromatic rings. The van der Waals surface area contributed by atoms with Crippen LogP contribution in [0.2, 0.25) is 0 Å². The molecule has 8 nitrogen and oxygen atoms in total. The Balaban J connectivity index is 2.16. The number of aromatic amines is 1. The second kappa shape index (κ2) is 9.09. The van der Waals surface area contributed by atoms with Gasteiger partial charge in [0.05, 0.1) is 17.9 Å². The Kier molecular flexibility index (Phi) is 6.53. The zero-order chi connectivity index (χ0) is 21.0. The van der Waals surface area contributed by atoms with Gasteiger partial charge in [-0.2, -0.15) is 0 Å². The van der Waals surface area contributed by atoms with Crippen LogP contribution in [0.15, 0.2) is 23.0 Å². The van der Waals surface area contributed by atoms with Crippen molar-refractivity contribution in [2.24, 2.45) is 0 Å². The van der Waals surface area contributed by atoms with Crippen LogP contribution in [-0.4, -0.2) is 53.4 Å². The molecule has 0 aliphatic carbocycles.